The predicted octanol–water partition coefficient (Wildman–Crippen LogP) is 4.16. The molecule has 3 nitrogen and oxygen atoms in total. The summed E-state index contributed by atoms with van der Waals surface area (Å²) in [5.74, 6) is 0. The van der Waals surface area contributed by atoms with Gasteiger partial charge in [-0.25, -0.2) is 0 Å². The van der Waals surface area contributed by atoms with E-state index in [2.05, 4.69) is 19.1 Å². The smallest absolute Gasteiger partial charge is 0.373 e. The van der Waals surface area contributed by atoms with Crippen molar-refractivity contribution in [3.63, 3.8) is 0 Å². The van der Waals surface area contributed by atoms with Crippen molar-refractivity contribution in [2.45, 2.75) is 45.0 Å². The molecule has 1 aromatic carbocycles. The van der Waals surface area contributed by atoms with E-state index in [0.29, 0.717) is 19.8 Å². The first-order valence-electron chi connectivity index (χ1n) is 7.59. The van der Waals surface area contributed by atoms with Gasteiger partial charge in [-0.05, 0) is 40.2 Å². The highest BCUT2D eigenvalue weighted by Crippen LogP contribution is 2.41. The zero-order valence-corrected chi connectivity index (χ0v) is 15.4. The molecule has 0 saturated carbocycles. The molecule has 0 aliphatic carbocycles. The van der Waals surface area contributed by atoms with Crippen LogP contribution in [-0.4, -0.2) is 34.0 Å². The molecule has 21 heavy (non-hydrogen) atoms. The summed E-state index contributed by atoms with van der Waals surface area (Å²) in [6.07, 6.45) is 0. The lowest BCUT2D eigenvalue weighted by Gasteiger charge is -2.45. The Balaban J connectivity index is 3.43. The molecule has 0 amide bonds. The summed E-state index contributed by atoms with van der Waals surface area (Å²) in [6.45, 7) is 11.6. The maximum atomic E-state index is 6.61. The van der Waals surface area contributed by atoms with Crippen molar-refractivity contribution in [1.82, 2.24) is 0 Å². The molecule has 2 unspecified atom stereocenters. The largest absolute Gasteiger partial charge is 0.513 e. The van der Waals surface area contributed by atoms with E-state index in [1.807, 2.05) is 45.9 Å². The van der Waals surface area contributed by atoms with E-state index in [9.17, 15) is 0 Å². The van der Waals surface area contributed by atoms with Crippen LogP contribution in [0.2, 0.25) is 0 Å². The molecule has 0 saturated heterocycles. The van der Waals surface area contributed by atoms with Crippen molar-refractivity contribution in [2.75, 3.05) is 19.8 Å². The highest BCUT2D eigenvalue weighted by atomic mass is 35.5. The lowest BCUT2D eigenvalue weighted by molar-refractivity contribution is 0.0461. The van der Waals surface area contributed by atoms with Gasteiger partial charge in [-0.15, -0.1) is 11.6 Å². The molecule has 0 spiro atoms. The van der Waals surface area contributed by atoms with Crippen LogP contribution in [0.1, 0.15) is 40.2 Å². The molecule has 0 fully saturated rings. The number of alkyl halides is 1. The van der Waals surface area contributed by atoms with Crippen molar-refractivity contribution in [1.29, 1.82) is 0 Å². The zero-order chi connectivity index (χ0) is 15.9. The van der Waals surface area contributed by atoms with Gasteiger partial charge in [-0.3, -0.25) is 0 Å². The number of hydrogen-bond donors (Lipinski definition) is 0. The number of benzene rings is 1. The third kappa shape index (κ3) is 3.69. The summed E-state index contributed by atoms with van der Waals surface area (Å²) >= 11 is 6.61. The number of halogens is 1. The average Bonchev–Trinajstić information content (AvgIpc) is 2.47. The van der Waals surface area contributed by atoms with Gasteiger partial charge in [0.25, 0.3) is 0 Å². The van der Waals surface area contributed by atoms with Gasteiger partial charge in [0.1, 0.15) is 0 Å². The summed E-state index contributed by atoms with van der Waals surface area (Å²) < 4.78 is 18.3. The molecule has 0 aromatic heterocycles. The Bertz CT molecular complexity index is 396. The molecular weight excluding hydrogens is 304 g/mol. The Morgan fingerprint density at radius 2 is 1.43 bits per heavy atom. The third-order valence-corrected chi connectivity index (χ3v) is 8.43. The second-order valence-corrected chi connectivity index (χ2v) is 8.71. The van der Waals surface area contributed by atoms with Gasteiger partial charge in [0.05, 0.1) is 5.04 Å². The van der Waals surface area contributed by atoms with Crippen LogP contribution >= 0.6 is 11.6 Å². The zero-order valence-electron chi connectivity index (χ0n) is 13.7. The second-order valence-electron chi connectivity index (χ2n) is 5.04. The molecule has 0 N–H and O–H groups in total. The van der Waals surface area contributed by atoms with Crippen molar-refractivity contribution in [3.8, 4) is 0 Å². The number of hydrogen-bond acceptors (Lipinski definition) is 3. The van der Waals surface area contributed by atoms with Crippen molar-refractivity contribution < 1.29 is 13.3 Å². The number of rotatable bonds is 9. The lowest BCUT2D eigenvalue weighted by atomic mass is 9.97. The predicted molar refractivity (Wildman–Crippen MR) is 89.7 cm³/mol. The standard InChI is InChI=1S/C16H27ClO3Si/c1-6-18-21(19-7-2,20-8-3)16(5,14(4)17)15-12-10-9-11-13-15/h9-14H,6-8H2,1-5H3. The summed E-state index contributed by atoms with van der Waals surface area (Å²) in [7, 11) is -2.99. The fraction of sp³-hybridized carbons (Fsp3) is 0.625. The first kappa shape index (κ1) is 18.7. The molecule has 2 atom stereocenters. The van der Waals surface area contributed by atoms with Gasteiger partial charge in [-0.2, -0.15) is 0 Å². The Morgan fingerprint density at radius 3 is 1.76 bits per heavy atom. The lowest BCUT2D eigenvalue weighted by Crippen LogP contribution is -2.65. The summed E-state index contributed by atoms with van der Waals surface area (Å²) in [4.78, 5) is 0. The fourth-order valence-corrected chi connectivity index (χ4v) is 6.40. The van der Waals surface area contributed by atoms with Gasteiger partial charge in [0, 0.05) is 25.2 Å². The van der Waals surface area contributed by atoms with Crippen LogP contribution in [0, 0.1) is 0 Å². The van der Waals surface area contributed by atoms with Gasteiger partial charge in [0.15, 0.2) is 0 Å². The van der Waals surface area contributed by atoms with Crippen molar-refractivity contribution in [3.05, 3.63) is 35.9 Å². The van der Waals surface area contributed by atoms with E-state index < -0.39 is 13.8 Å². The summed E-state index contributed by atoms with van der Waals surface area (Å²) in [5.41, 5.74) is 1.09. The van der Waals surface area contributed by atoms with Gasteiger partial charge in [-0.1, -0.05) is 30.3 Å². The van der Waals surface area contributed by atoms with E-state index in [1.165, 1.54) is 0 Å². The van der Waals surface area contributed by atoms with Crippen LogP contribution in [0.25, 0.3) is 0 Å². The summed E-state index contributed by atoms with van der Waals surface area (Å²) in [6, 6.07) is 10.1. The van der Waals surface area contributed by atoms with Crippen molar-refractivity contribution >= 4 is 20.4 Å². The van der Waals surface area contributed by atoms with E-state index in [0.717, 1.165) is 5.56 Å². The van der Waals surface area contributed by atoms with E-state index in [4.69, 9.17) is 24.9 Å². The molecule has 0 aliphatic heterocycles. The molecule has 1 aromatic rings. The first-order chi connectivity index (χ1) is 9.98. The second kappa shape index (κ2) is 8.29. The van der Waals surface area contributed by atoms with Gasteiger partial charge in [0.2, 0.25) is 0 Å². The Morgan fingerprint density at radius 1 is 1.00 bits per heavy atom. The normalized spacial score (nSPS) is 16.5. The molecule has 0 heterocycles. The quantitative estimate of drug-likeness (QED) is 0.502. The van der Waals surface area contributed by atoms with Crippen LogP contribution in [0.5, 0.6) is 0 Å². The van der Waals surface area contributed by atoms with Crippen LogP contribution in [-0.2, 0) is 18.3 Å². The molecule has 0 bridgehead atoms. The van der Waals surface area contributed by atoms with Gasteiger partial charge >= 0.3 is 8.80 Å². The maximum Gasteiger partial charge on any atom is 0.513 e. The van der Waals surface area contributed by atoms with E-state index >= 15 is 0 Å². The van der Waals surface area contributed by atoms with E-state index in [-0.39, 0.29) is 5.38 Å². The monoisotopic (exact) mass is 330 g/mol. The molecule has 0 radical (unpaired) electrons. The molecular formula is C16H27ClO3Si. The van der Waals surface area contributed by atoms with Crippen molar-refractivity contribution in [2.24, 2.45) is 0 Å². The minimum atomic E-state index is -2.99. The Kier molecular flexibility index (Phi) is 7.37. The topological polar surface area (TPSA) is 27.7 Å². The van der Waals surface area contributed by atoms with Crippen LogP contribution in [0.3, 0.4) is 0 Å². The fourth-order valence-electron chi connectivity index (χ4n) is 2.58. The average molecular weight is 331 g/mol. The minimum Gasteiger partial charge on any atom is -0.373 e. The highest BCUT2D eigenvalue weighted by Gasteiger charge is 2.61. The molecule has 1 rings (SSSR count). The maximum absolute atomic E-state index is 6.61. The first-order valence-corrected chi connectivity index (χ1v) is 9.76. The van der Waals surface area contributed by atoms with Crippen LogP contribution in [0.15, 0.2) is 30.3 Å². The van der Waals surface area contributed by atoms with Crippen LogP contribution < -0.4 is 0 Å². The minimum absolute atomic E-state index is 0.184. The Labute approximate surface area is 134 Å². The molecule has 5 heteroatoms. The van der Waals surface area contributed by atoms with Gasteiger partial charge < -0.3 is 13.3 Å². The van der Waals surface area contributed by atoms with E-state index in [1.54, 1.807) is 0 Å². The SMILES string of the molecule is CCO[Si](OCC)(OCC)C(C)(c1ccccc1)C(C)Cl. The Hall–Kier alpha value is -0.393. The van der Waals surface area contributed by atoms with Crippen LogP contribution in [0.4, 0.5) is 0 Å². The summed E-state index contributed by atoms with van der Waals surface area (Å²) in [5, 5.41) is -0.686. The molecule has 0 aliphatic rings. The molecule has 120 valence electrons. The third-order valence-electron chi connectivity index (χ3n) is 3.81. The highest BCUT2D eigenvalue weighted by molar-refractivity contribution is 6.65.